The fraction of sp³-hybridized carbons (Fsp3) is 0.278. The van der Waals surface area contributed by atoms with Crippen LogP contribution >= 0.6 is 0 Å². The van der Waals surface area contributed by atoms with Gasteiger partial charge in [0.25, 0.3) is 15.9 Å². The van der Waals surface area contributed by atoms with Gasteiger partial charge in [0.2, 0.25) is 0 Å². The molecule has 0 fully saturated rings. The molecule has 2 aromatic carbocycles. The molecule has 2 rings (SSSR count). The summed E-state index contributed by atoms with van der Waals surface area (Å²) in [6, 6.07) is 9.23. The molecule has 0 aliphatic rings. The third kappa shape index (κ3) is 5.27. The number of anilines is 1. The maximum atomic E-state index is 13.0. The second-order valence-electron chi connectivity index (χ2n) is 6.11. The number of sulfonamides is 1. The van der Waals surface area contributed by atoms with Crippen LogP contribution in [0.3, 0.4) is 0 Å². The summed E-state index contributed by atoms with van der Waals surface area (Å²) in [6.07, 6.45) is 0.620. The van der Waals surface area contributed by atoms with Gasteiger partial charge in [0.15, 0.2) is 0 Å². The van der Waals surface area contributed by atoms with E-state index in [0.29, 0.717) is 18.5 Å². The van der Waals surface area contributed by atoms with Crippen molar-refractivity contribution in [2.24, 2.45) is 5.73 Å². The molecule has 26 heavy (non-hydrogen) atoms. The number of nitrogens with two attached hydrogens (primary N) is 1. The summed E-state index contributed by atoms with van der Waals surface area (Å²) in [5.41, 5.74) is 6.81. The third-order valence-corrected chi connectivity index (χ3v) is 5.12. The highest BCUT2D eigenvalue weighted by atomic mass is 32.2. The van der Waals surface area contributed by atoms with E-state index >= 15 is 0 Å². The Kier molecular flexibility index (Phi) is 6.33. The zero-order chi connectivity index (χ0) is 19.3. The average Bonchev–Trinajstić information content (AvgIpc) is 2.56. The fourth-order valence-electron chi connectivity index (χ4n) is 2.25. The number of nitrogens with one attached hydrogen (secondary N) is 2. The molecule has 0 saturated heterocycles. The van der Waals surface area contributed by atoms with Crippen molar-refractivity contribution >= 4 is 21.6 Å². The number of hydrogen-bond donors (Lipinski definition) is 3. The largest absolute Gasteiger partial charge is 0.352 e. The first-order chi connectivity index (χ1) is 12.2. The molecule has 0 heterocycles. The van der Waals surface area contributed by atoms with E-state index in [4.69, 9.17) is 5.73 Å². The molecular formula is C18H22FN3O3S. The van der Waals surface area contributed by atoms with Gasteiger partial charge < -0.3 is 11.1 Å². The van der Waals surface area contributed by atoms with Crippen LogP contribution < -0.4 is 15.8 Å². The van der Waals surface area contributed by atoms with Gasteiger partial charge in [-0.05, 0) is 62.2 Å². The zero-order valence-electron chi connectivity index (χ0n) is 14.6. The lowest BCUT2D eigenvalue weighted by Gasteiger charge is -2.12. The van der Waals surface area contributed by atoms with Crippen molar-refractivity contribution in [3.05, 3.63) is 59.4 Å². The van der Waals surface area contributed by atoms with Crippen LogP contribution in [-0.2, 0) is 10.0 Å². The van der Waals surface area contributed by atoms with Gasteiger partial charge in [-0.15, -0.1) is 0 Å². The molecule has 1 atom stereocenters. The Bertz CT molecular complexity index is 881. The van der Waals surface area contributed by atoms with Crippen LogP contribution in [0.5, 0.6) is 0 Å². The maximum Gasteiger partial charge on any atom is 0.261 e. The van der Waals surface area contributed by atoms with E-state index in [0.717, 1.165) is 12.1 Å². The van der Waals surface area contributed by atoms with Crippen molar-refractivity contribution in [3.8, 4) is 0 Å². The molecular weight excluding hydrogens is 357 g/mol. The lowest BCUT2D eigenvalue weighted by atomic mass is 10.1. The predicted octanol–water partition coefficient (Wildman–Crippen LogP) is 2.40. The summed E-state index contributed by atoms with van der Waals surface area (Å²) in [5, 5.41) is 2.73. The van der Waals surface area contributed by atoms with Crippen LogP contribution in [-0.4, -0.2) is 26.9 Å². The van der Waals surface area contributed by atoms with Crippen molar-refractivity contribution < 1.29 is 17.6 Å². The molecule has 1 amide bonds. The summed E-state index contributed by atoms with van der Waals surface area (Å²) in [4.78, 5) is 12.3. The molecule has 0 aliphatic heterocycles. The number of carbonyl (C=O) groups is 1. The number of rotatable bonds is 7. The molecule has 140 valence electrons. The van der Waals surface area contributed by atoms with Crippen molar-refractivity contribution in [2.75, 3.05) is 11.3 Å². The number of benzene rings is 2. The van der Waals surface area contributed by atoms with E-state index in [2.05, 4.69) is 10.0 Å². The van der Waals surface area contributed by atoms with Gasteiger partial charge in [-0.1, -0.05) is 6.07 Å². The Labute approximate surface area is 152 Å². The molecule has 0 bridgehead atoms. The second-order valence-corrected chi connectivity index (χ2v) is 7.79. The van der Waals surface area contributed by atoms with E-state index in [1.807, 2.05) is 6.92 Å². The van der Waals surface area contributed by atoms with Crippen LogP contribution in [0.4, 0.5) is 10.1 Å². The Morgan fingerprint density at radius 3 is 2.46 bits per heavy atom. The van der Waals surface area contributed by atoms with Gasteiger partial charge in [0.1, 0.15) is 5.82 Å². The minimum Gasteiger partial charge on any atom is -0.352 e. The number of aryl methyl sites for hydroxylation is 1. The maximum absolute atomic E-state index is 13.0. The smallest absolute Gasteiger partial charge is 0.261 e. The summed E-state index contributed by atoms with van der Waals surface area (Å²) in [6.45, 7) is 3.97. The SMILES string of the molecule is Cc1ccc(S(=O)(=O)Nc2ccc(F)cc2)cc1C(=O)NCCC(C)N. The van der Waals surface area contributed by atoms with E-state index < -0.39 is 15.8 Å². The van der Waals surface area contributed by atoms with E-state index in [1.165, 1.54) is 24.3 Å². The number of halogens is 1. The van der Waals surface area contributed by atoms with Crippen LogP contribution in [0.2, 0.25) is 0 Å². The van der Waals surface area contributed by atoms with E-state index in [1.54, 1.807) is 13.0 Å². The molecule has 8 heteroatoms. The average molecular weight is 379 g/mol. The quantitative estimate of drug-likeness (QED) is 0.687. The van der Waals surface area contributed by atoms with Gasteiger partial charge in [-0.3, -0.25) is 9.52 Å². The Morgan fingerprint density at radius 1 is 1.19 bits per heavy atom. The Morgan fingerprint density at radius 2 is 1.85 bits per heavy atom. The minimum atomic E-state index is -3.91. The molecule has 0 radical (unpaired) electrons. The van der Waals surface area contributed by atoms with E-state index in [9.17, 15) is 17.6 Å². The van der Waals surface area contributed by atoms with Gasteiger partial charge in [-0.2, -0.15) is 0 Å². The van der Waals surface area contributed by atoms with Crippen molar-refractivity contribution in [1.29, 1.82) is 0 Å². The van der Waals surface area contributed by atoms with Crippen LogP contribution in [0.25, 0.3) is 0 Å². The van der Waals surface area contributed by atoms with Gasteiger partial charge >= 0.3 is 0 Å². The van der Waals surface area contributed by atoms with Crippen LogP contribution in [0.15, 0.2) is 47.4 Å². The molecule has 1 unspecified atom stereocenters. The molecule has 2 aromatic rings. The lowest BCUT2D eigenvalue weighted by Crippen LogP contribution is -2.29. The summed E-state index contributed by atoms with van der Waals surface area (Å²) >= 11 is 0. The van der Waals surface area contributed by atoms with E-state index in [-0.39, 0.29) is 28.1 Å². The summed E-state index contributed by atoms with van der Waals surface area (Å²) in [7, 11) is -3.91. The minimum absolute atomic E-state index is 0.0389. The molecule has 4 N–H and O–H groups in total. The number of amides is 1. The zero-order valence-corrected chi connectivity index (χ0v) is 15.4. The van der Waals surface area contributed by atoms with Crippen molar-refractivity contribution in [3.63, 3.8) is 0 Å². The Balaban J connectivity index is 2.21. The monoisotopic (exact) mass is 379 g/mol. The Hall–Kier alpha value is -2.45. The van der Waals surface area contributed by atoms with Crippen LogP contribution in [0.1, 0.15) is 29.3 Å². The first-order valence-corrected chi connectivity index (χ1v) is 9.60. The fourth-order valence-corrected chi connectivity index (χ4v) is 3.34. The summed E-state index contributed by atoms with van der Waals surface area (Å²) < 4.78 is 40.4. The highest BCUT2D eigenvalue weighted by Gasteiger charge is 2.18. The predicted molar refractivity (Wildman–Crippen MR) is 99.0 cm³/mol. The van der Waals surface area contributed by atoms with Gasteiger partial charge in [-0.25, -0.2) is 12.8 Å². The first kappa shape index (κ1) is 19.9. The highest BCUT2D eigenvalue weighted by molar-refractivity contribution is 7.92. The van der Waals surface area contributed by atoms with Gasteiger partial charge in [0.05, 0.1) is 4.90 Å². The molecule has 0 aromatic heterocycles. The molecule has 6 nitrogen and oxygen atoms in total. The highest BCUT2D eigenvalue weighted by Crippen LogP contribution is 2.19. The molecule has 0 saturated carbocycles. The second kappa shape index (κ2) is 8.29. The van der Waals surface area contributed by atoms with Gasteiger partial charge in [0, 0.05) is 23.8 Å². The third-order valence-electron chi connectivity index (χ3n) is 3.75. The first-order valence-electron chi connectivity index (χ1n) is 8.12. The molecule has 0 spiro atoms. The standard InChI is InChI=1S/C18H22FN3O3S/c1-12-3-8-16(11-17(12)18(23)21-10-9-13(2)20)26(24,25)22-15-6-4-14(19)5-7-15/h3-8,11,13,22H,9-10,20H2,1-2H3,(H,21,23). The summed E-state index contributed by atoms with van der Waals surface area (Å²) in [5.74, 6) is -0.823. The van der Waals surface area contributed by atoms with Crippen LogP contribution in [0, 0.1) is 12.7 Å². The van der Waals surface area contributed by atoms with Crippen molar-refractivity contribution in [1.82, 2.24) is 5.32 Å². The topological polar surface area (TPSA) is 101 Å². The lowest BCUT2D eigenvalue weighted by molar-refractivity contribution is 0.0952. The number of carbonyl (C=O) groups excluding carboxylic acids is 1. The number of hydrogen-bond acceptors (Lipinski definition) is 4. The molecule has 0 aliphatic carbocycles. The normalized spacial score (nSPS) is 12.5. The van der Waals surface area contributed by atoms with Crippen molar-refractivity contribution in [2.45, 2.75) is 31.2 Å².